The molecule has 0 amide bonds. The molecule has 1 fully saturated rings. The van der Waals surface area contributed by atoms with Crippen LogP contribution in [0.5, 0.6) is 5.75 Å². The maximum atomic E-state index is 5.29. The molecule has 1 aliphatic heterocycles. The van der Waals surface area contributed by atoms with Gasteiger partial charge in [0.2, 0.25) is 5.95 Å². The third-order valence-corrected chi connectivity index (χ3v) is 4.63. The molecule has 1 aliphatic rings. The molecule has 0 unspecified atom stereocenters. The van der Waals surface area contributed by atoms with Crippen LogP contribution < -0.4 is 9.64 Å². The topological polar surface area (TPSA) is 59.3 Å². The molecular weight excluding hydrogens is 328 g/mol. The molecule has 0 aliphatic carbocycles. The average molecular weight is 350 g/mol. The molecule has 4 rings (SSSR count). The molecule has 7 nitrogen and oxygen atoms in total. The number of benzene rings is 1. The number of aromatic nitrogens is 4. The summed E-state index contributed by atoms with van der Waals surface area (Å²) >= 11 is 0. The summed E-state index contributed by atoms with van der Waals surface area (Å²) in [6.07, 6.45) is 5.62. The van der Waals surface area contributed by atoms with Crippen LogP contribution in [0.4, 0.5) is 5.95 Å². The van der Waals surface area contributed by atoms with E-state index in [1.165, 1.54) is 0 Å². The second-order valence-electron chi connectivity index (χ2n) is 6.41. The van der Waals surface area contributed by atoms with Crippen LogP contribution in [0, 0.1) is 0 Å². The molecule has 3 heterocycles. The van der Waals surface area contributed by atoms with Crippen molar-refractivity contribution in [1.82, 2.24) is 24.6 Å². The van der Waals surface area contributed by atoms with E-state index in [-0.39, 0.29) is 0 Å². The maximum Gasteiger partial charge on any atom is 0.225 e. The Morgan fingerprint density at radius 2 is 1.92 bits per heavy atom. The Morgan fingerprint density at radius 3 is 2.73 bits per heavy atom. The van der Waals surface area contributed by atoms with Crippen LogP contribution in [0.15, 0.2) is 48.9 Å². The molecular formula is C19H22N6O. The van der Waals surface area contributed by atoms with Gasteiger partial charge < -0.3 is 14.5 Å². The van der Waals surface area contributed by atoms with Gasteiger partial charge >= 0.3 is 0 Å². The number of likely N-dealkylation sites (N-methyl/N-ethyl adjacent to an activating group) is 1. The Bertz CT molecular complexity index is 885. The molecule has 26 heavy (non-hydrogen) atoms. The first kappa shape index (κ1) is 16.5. The Morgan fingerprint density at radius 1 is 1.08 bits per heavy atom. The molecule has 0 atom stereocenters. The molecule has 1 aromatic carbocycles. The van der Waals surface area contributed by atoms with Gasteiger partial charge in [0.25, 0.3) is 0 Å². The zero-order valence-corrected chi connectivity index (χ0v) is 15.0. The summed E-state index contributed by atoms with van der Waals surface area (Å²) in [6.45, 7) is 3.95. The Balaban J connectivity index is 1.58. The molecule has 0 radical (unpaired) electrons. The lowest BCUT2D eigenvalue weighted by molar-refractivity contribution is 0.311. The number of ether oxygens (including phenoxy) is 1. The first-order valence-corrected chi connectivity index (χ1v) is 8.69. The van der Waals surface area contributed by atoms with Crippen molar-refractivity contribution in [3.63, 3.8) is 0 Å². The molecule has 0 saturated carbocycles. The van der Waals surface area contributed by atoms with Gasteiger partial charge in [-0.25, -0.2) is 14.6 Å². The van der Waals surface area contributed by atoms with E-state index in [1.54, 1.807) is 7.11 Å². The number of hydrogen-bond acceptors (Lipinski definition) is 6. The SMILES string of the molecule is COc1cccc(-n2cc(-c3ccnc(N4CCN(C)CC4)n3)cn2)c1. The van der Waals surface area contributed by atoms with E-state index in [0.29, 0.717) is 0 Å². The lowest BCUT2D eigenvalue weighted by Crippen LogP contribution is -2.45. The van der Waals surface area contributed by atoms with Gasteiger partial charge in [-0.15, -0.1) is 0 Å². The van der Waals surface area contributed by atoms with Crippen LogP contribution in [0.25, 0.3) is 16.9 Å². The first-order valence-electron chi connectivity index (χ1n) is 8.69. The fourth-order valence-electron chi connectivity index (χ4n) is 3.02. The Hall–Kier alpha value is -2.93. The van der Waals surface area contributed by atoms with Gasteiger partial charge in [0.05, 0.1) is 24.7 Å². The van der Waals surface area contributed by atoms with Crippen LogP contribution in [0.3, 0.4) is 0 Å². The van der Waals surface area contributed by atoms with Crippen molar-refractivity contribution in [2.45, 2.75) is 0 Å². The Labute approximate surface area is 152 Å². The highest BCUT2D eigenvalue weighted by Gasteiger charge is 2.17. The summed E-state index contributed by atoms with van der Waals surface area (Å²) in [6, 6.07) is 9.74. The lowest BCUT2D eigenvalue weighted by Gasteiger charge is -2.32. The fraction of sp³-hybridized carbons (Fsp3) is 0.316. The van der Waals surface area contributed by atoms with E-state index in [9.17, 15) is 0 Å². The summed E-state index contributed by atoms with van der Waals surface area (Å²) < 4.78 is 7.12. The highest BCUT2D eigenvalue weighted by atomic mass is 16.5. The summed E-state index contributed by atoms with van der Waals surface area (Å²) in [4.78, 5) is 13.8. The smallest absolute Gasteiger partial charge is 0.225 e. The molecule has 0 N–H and O–H groups in total. The summed E-state index contributed by atoms with van der Waals surface area (Å²) in [7, 11) is 3.80. The van der Waals surface area contributed by atoms with E-state index in [1.807, 2.05) is 53.6 Å². The predicted molar refractivity (Wildman–Crippen MR) is 101 cm³/mol. The molecule has 134 valence electrons. The number of nitrogens with zero attached hydrogens (tertiary/aromatic N) is 6. The number of hydrogen-bond donors (Lipinski definition) is 0. The van der Waals surface area contributed by atoms with Crippen LogP contribution in [-0.2, 0) is 0 Å². The lowest BCUT2D eigenvalue weighted by atomic mass is 10.2. The highest BCUT2D eigenvalue weighted by Crippen LogP contribution is 2.22. The minimum absolute atomic E-state index is 0.782. The van der Waals surface area contributed by atoms with Gasteiger partial charge in [-0.1, -0.05) is 6.07 Å². The van der Waals surface area contributed by atoms with Gasteiger partial charge in [-0.2, -0.15) is 5.10 Å². The van der Waals surface area contributed by atoms with Gasteiger partial charge in [-0.3, -0.25) is 0 Å². The van der Waals surface area contributed by atoms with Crippen molar-refractivity contribution in [2.75, 3.05) is 45.2 Å². The summed E-state index contributed by atoms with van der Waals surface area (Å²) in [5.41, 5.74) is 2.79. The van der Waals surface area contributed by atoms with Crippen molar-refractivity contribution >= 4 is 5.95 Å². The molecule has 3 aromatic rings. The van der Waals surface area contributed by atoms with Crippen LogP contribution in [-0.4, -0.2) is 65.0 Å². The quantitative estimate of drug-likeness (QED) is 0.718. The second-order valence-corrected chi connectivity index (χ2v) is 6.41. The molecule has 7 heteroatoms. The molecule has 0 bridgehead atoms. The van der Waals surface area contributed by atoms with E-state index in [4.69, 9.17) is 9.72 Å². The minimum Gasteiger partial charge on any atom is -0.497 e. The molecule has 1 saturated heterocycles. The largest absolute Gasteiger partial charge is 0.497 e. The van der Waals surface area contributed by atoms with Gasteiger partial charge in [-0.05, 0) is 25.2 Å². The van der Waals surface area contributed by atoms with E-state index in [0.717, 1.165) is 54.8 Å². The predicted octanol–water partition coefficient (Wildman–Crippen LogP) is 2.09. The van der Waals surface area contributed by atoms with Crippen molar-refractivity contribution in [3.8, 4) is 22.7 Å². The maximum absolute atomic E-state index is 5.29. The number of rotatable bonds is 4. The van der Waals surface area contributed by atoms with Crippen LogP contribution in [0.2, 0.25) is 0 Å². The van der Waals surface area contributed by atoms with Crippen molar-refractivity contribution in [1.29, 1.82) is 0 Å². The number of methoxy groups -OCH3 is 1. The monoisotopic (exact) mass is 350 g/mol. The standard InChI is InChI=1S/C19H22N6O/c1-23-8-10-24(11-9-23)19-20-7-6-18(22-19)15-13-21-25(14-15)16-4-3-5-17(12-16)26-2/h3-7,12-14H,8-11H2,1-2H3. The first-order chi connectivity index (χ1) is 12.7. The minimum atomic E-state index is 0.782. The normalized spacial score (nSPS) is 15.2. The van der Waals surface area contributed by atoms with Crippen LogP contribution in [0.1, 0.15) is 0 Å². The van der Waals surface area contributed by atoms with Crippen molar-refractivity contribution in [2.24, 2.45) is 0 Å². The number of anilines is 1. The third-order valence-electron chi connectivity index (χ3n) is 4.63. The zero-order chi connectivity index (χ0) is 17.9. The van der Waals surface area contributed by atoms with Gasteiger partial charge in [0.1, 0.15) is 5.75 Å². The van der Waals surface area contributed by atoms with E-state index >= 15 is 0 Å². The van der Waals surface area contributed by atoms with Gasteiger partial charge in [0.15, 0.2) is 0 Å². The number of piperazine rings is 1. The fourth-order valence-corrected chi connectivity index (χ4v) is 3.02. The molecule has 2 aromatic heterocycles. The highest BCUT2D eigenvalue weighted by molar-refractivity contribution is 5.59. The van der Waals surface area contributed by atoms with Gasteiger partial charge in [0, 0.05) is 50.2 Å². The third kappa shape index (κ3) is 3.39. The van der Waals surface area contributed by atoms with Crippen LogP contribution >= 0.6 is 0 Å². The summed E-state index contributed by atoms with van der Waals surface area (Å²) in [5, 5.41) is 4.47. The van der Waals surface area contributed by atoms with E-state index in [2.05, 4.69) is 26.9 Å². The van der Waals surface area contributed by atoms with Crippen molar-refractivity contribution in [3.05, 3.63) is 48.9 Å². The molecule has 0 spiro atoms. The van der Waals surface area contributed by atoms with Crippen molar-refractivity contribution < 1.29 is 4.74 Å². The Kier molecular flexibility index (Phi) is 4.53. The average Bonchev–Trinajstić information content (AvgIpc) is 3.19. The van der Waals surface area contributed by atoms with E-state index < -0.39 is 0 Å². The zero-order valence-electron chi connectivity index (χ0n) is 15.0. The second kappa shape index (κ2) is 7.13. The summed E-state index contributed by atoms with van der Waals surface area (Å²) in [5.74, 6) is 1.59.